The van der Waals surface area contributed by atoms with Gasteiger partial charge in [0.1, 0.15) is 11.6 Å². The van der Waals surface area contributed by atoms with E-state index in [-0.39, 0.29) is 17.0 Å². The molecule has 0 saturated heterocycles. The van der Waals surface area contributed by atoms with Crippen molar-refractivity contribution in [3.8, 4) is 56.3 Å². The summed E-state index contributed by atoms with van der Waals surface area (Å²) in [5.41, 5.74) is 0.369. The summed E-state index contributed by atoms with van der Waals surface area (Å²) >= 11 is 0. The van der Waals surface area contributed by atoms with Crippen LogP contribution in [0.1, 0.15) is 118 Å². The highest BCUT2D eigenvalue weighted by atomic mass is 16.3. The van der Waals surface area contributed by atoms with Gasteiger partial charge < -0.3 is 5.11 Å². The summed E-state index contributed by atoms with van der Waals surface area (Å²) in [7, 11) is 0. The molecule has 4 nitrogen and oxygen atoms in total. The van der Waals surface area contributed by atoms with Crippen molar-refractivity contribution in [2.75, 3.05) is 0 Å². The van der Waals surface area contributed by atoms with E-state index in [0.29, 0.717) is 39.1 Å². The molecule has 7 rings (SSSR count). The molecule has 2 heterocycles. The second-order valence-corrected chi connectivity index (χ2v) is 15.2. The Morgan fingerprint density at radius 2 is 1.48 bits per heavy atom. The number of rotatable bonds is 6. The minimum atomic E-state index is -3.92. The molecule has 0 aliphatic heterocycles. The molecule has 0 aliphatic rings. The first-order valence-electron chi connectivity index (χ1n) is 26.2. The zero-order chi connectivity index (χ0) is 53.2. The van der Waals surface area contributed by atoms with Gasteiger partial charge in [0.05, 0.1) is 37.6 Å². The van der Waals surface area contributed by atoms with Crippen molar-refractivity contribution >= 4 is 11.0 Å². The number of phenolic OH excluding ortho intramolecular Hbond substituents is 1. The lowest BCUT2D eigenvalue weighted by Crippen LogP contribution is -2.11. The Balaban J connectivity index is 1.54. The van der Waals surface area contributed by atoms with Crippen LogP contribution in [0.25, 0.3) is 61.6 Å². The Labute approximate surface area is 345 Å². The fourth-order valence-electron chi connectivity index (χ4n) is 6.66. The summed E-state index contributed by atoms with van der Waals surface area (Å²) in [4.78, 5) is 9.62. The Hall–Kier alpha value is -5.48. The second kappa shape index (κ2) is 13.7. The third-order valence-electron chi connectivity index (χ3n) is 9.61. The number of hydrogen-bond donors (Lipinski definition) is 1. The molecular formula is C50H53N3O. The van der Waals surface area contributed by atoms with E-state index in [1.54, 1.807) is 12.1 Å². The van der Waals surface area contributed by atoms with Gasteiger partial charge >= 0.3 is 0 Å². The summed E-state index contributed by atoms with van der Waals surface area (Å²) in [6.07, 6.45) is -0.731. The third kappa shape index (κ3) is 6.98. The number of hydrogen-bond acceptors (Lipinski definition) is 3. The van der Waals surface area contributed by atoms with Crippen LogP contribution in [0.15, 0.2) is 109 Å². The van der Waals surface area contributed by atoms with Gasteiger partial charge in [-0.3, -0.25) is 9.55 Å². The highest BCUT2D eigenvalue weighted by Crippen LogP contribution is 2.41. The zero-order valence-electron chi connectivity index (χ0n) is 48.6. The van der Waals surface area contributed by atoms with Crippen LogP contribution in [0.5, 0.6) is 5.75 Å². The van der Waals surface area contributed by atoms with Crippen molar-refractivity contribution in [3.63, 3.8) is 0 Å². The number of aryl methyl sites for hydroxylation is 3. The molecule has 0 fully saturated rings. The van der Waals surface area contributed by atoms with Crippen molar-refractivity contribution in [1.82, 2.24) is 14.5 Å². The molecule has 0 aliphatic carbocycles. The second-order valence-electron chi connectivity index (χ2n) is 15.2. The van der Waals surface area contributed by atoms with E-state index in [2.05, 4.69) is 4.98 Å². The van der Waals surface area contributed by atoms with Crippen LogP contribution in [-0.2, 0) is 10.8 Å². The number of benzene rings is 5. The van der Waals surface area contributed by atoms with Crippen molar-refractivity contribution in [2.24, 2.45) is 0 Å². The molecule has 0 spiro atoms. The topological polar surface area (TPSA) is 50.9 Å². The SMILES string of the molecule is [2H]c1nc(-c2cc(-c3cccc4c3nc(-c3cc(C)cc(C)c3O)n4-c3ccc(C([2H])(C)C)cc3C)cc(C(C)(C)C)c2)c([2H])c(-c2c([2H])c([2H])c(C(C([2H])([2H])[2H])(C([2H])([2H])[2H])C([2H])([2H])[2H])c([2H])c2[2H])c1[2H]. The van der Waals surface area contributed by atoms with Gasteiger partial charge in [-0.2, -0.15) is 0 Å². The monoisotopic (exact) mass is 729 g/mol. The van der Waals surface area contributed by atoms with Crippen LogP contribution in [0, 0.1) is 20.8 Å². The van der Waals surface area contributed by atoms with Crippen molar-refractivity contribution in [2.45, 2.75) is 92.7 Å². The van der Waals surface area contributed by atoms with Crippen LogP contribution in [0.4, 0.5) is 0 Å². The van der Waals surface area contributed by atoms with Gasteiger partial charge in [0, 0.05) is 31.0 Å². The summed E-state index contributed by atoms with van der Waals surface area (Å²) in [5.74, 6) is -0.393. The number of aromatic nitrogens is 3. The van der Waals surface area contributed by atoms with Crippen molar-refractivity contribution in [3.05, 3.63) is 143 Å². The van der Waals surface area contributed by atoms with Gasteiger partial charge in [0.25, 0.3) is 0 Å². The van der Waals surface area contributed by atoms with E-state index in [1.165, 1.54) is 0 Å². The van der Waals surface area contributed by atoms with Crippen LogP contribution in [-0.4, -0.2) is 19.6 Å². The van der Waals surface area contributed by atoms with Gasteiger partial charge in [-0.25, -0.2) is 4.98 Å². The lowest BCUT2D eigenvalue weighted by Gasteiger charge is -2.22. The average molecular weight is 729 g/mol. The number of para-hydroxylation sites is 1. The van der Waals surface area contributed by atoms with Gasteiger partial charge in [0.15, 0.2) is 0 Å². The highest BCUT2D eigenvalue weighted by molar-refractivity contribution is 5.97. The Bertz CT molecular complexity index is 3250. The maximum Gasteiger partial charge on any atom is 0.149 e. The maximum absolute atomic E-state index is 11.6. The van der Waals surface area contributed by atoms with E-state index in [4.69, 9.17) is 26.9 Å². The van der Waals surface area contributed by atoms with Gasteiger partial charge in [-0.1, -0.05) is 116 Å². The van der Waals surface area contributed by atoms with Crippen molar-refractivity contribution < 1.29 is 28.4 Å². The standard InChI is InChI=1S/C50H53N3O/c1-30(2)35-17-20-44(32(4)25-35)53-45-14-12-13-41(46(45)52-48(53)42-24-31(3)23-33(5)47(42)54)37-26-38(28-40(27-37)50(9,10)11)43-29-36(21-22-51-43)34-15-18-39(19-16-34)49(6,7)8/h12-30,54H,1-11H3/i6D3,7D3,8D3,15D,16D,18D,19D,21D,22D,29D,30D. The quantitative estimate of drug-likeness (QED) is 0.185. The minimum Gasteiger partial charge on any atom is -0.507 e. The summed E-state index contributed by atoms with van der Waals surface area (Å²) < 4.78 is 148. The number of imidazole rings is 1. The number of aromatic hydroxyl groups is 1. The summed E-state index contributed by atoms with van der Waals surface area (Å²) in [5, 5.41) is 11.6. The largest absolute Gasteiger partial charge is 0.507 e. The van der Waals surface area contributed by atoms with Gasteiger partial charge in [0.2, 0.25) is 0 Å². The molecule has 0 unspecified atom stereocenters. The molecule has 54 heavy (non-hydrogen) atoms. The first-order valence-corrected chi connectivity index (χ1v) is 17.7. The average Bonchev–Trinajstić information content (AvgIpc) is 3.62. The molecule has 0 saturated carbocycles. The van der Waals surface area contributed by atoms with Crippen LogP contribution >= 0.6 is 0 Å². The molecule has 274 valence electrons. The number of nitrogens with zero attached hydrogens (tertiary/aromatic N) is 3. The Morgan fingerprint density at radius 1 is 0.741 bits per heavy atom. The van der Waals surface area contributed by atoms with E-state index >= 15 is 0 Å². The first-order chi connectivity index (χ1) is 32.5. The fraction of sp³-hybridized carbons (Fsp3) is 0.280. The maximum atomic E-state index is 11.6. The molecule has 0 amide bonds. The lowest BCUT2D eigenvalue weighted by molar-refractivity contribution is 0.472. The molecule has 2 aromatic heterocycles. The predicted molar refractivity (Wildman–Crippen MR) is 228 cm³/mol. The summed E-state index contributed by atoms with van der Waals surface area (Å²) in [6.45, 7) is 3.44. The molecule has 0 atom stereocenters. The van der Waals surface area contributed by atoms with Crippen LogP contribution in [0.2, 0.25) is 0 Å². The smallest absolute Gasteiger partial charge is 0.149 e. The fourth-order valence-corrected chi connectivity index (χ4v) is 6.66. The lowest BCUT2D eigenvalue weighted by atomic mass is 9.83. The van der Waals surface area contributed by atoms with E-state index < -0.39 is 96.4 Å². The van der Waals surface area contributed by atoms with Crippen molar-refractivity contribution in [1.29, 1.82) is 0 Å². The van der Waals surface area contributed by atoms with E-state index in [1.807, 2.05) is 115 Å². The Kier molecular flexibility index (Phi) is 5.45. The molecule has 4 heteroatoms. The van der Waals surface area contributed by atoms with Gasteiger partial charge in [-0.05, 0) is 130 Å². The normalized spacial score (nSPS) is 17.7. The number of pyridine rings is 1. The van der Waals surface area contributed by atoms with Gasteiger partial charge in [-0.15, -0.1) is 0 Å². The number of phenols is 1. The molecule has 5 aromatic carbocycles. The summed E-state index contributed by atoms with van der Waals surface area (Å²) in [6, 6.07) is 14.3. The van der Waals surface area contributed by atoms with E-state index in [0.717, 1.165) is 27.9 Å². The predicted octanol–water partition coefficient (Wildman–Crippen LogP) is 13.4. The first kappa shape index (κ1) is 21.4. The molecule has 0 radical (unpaired) electrons. The molecule has 0 bridgehead atoms. The van der Waals surface area contributed by atoms with Crippen LogP contribution in [0.3, 0.4) is 0 Å². The molecular weight excluding hydrogens is 659 g/mol. The van der Waals surface area contributed by atoms with E-state index in [9.17, 15) is 6.48 Å². The van der Waals surface area contributed by atoms with Crippen LogP contribution < -0.4 is 0 Å². The highest BCUT2D eigenvalue weighted by Gasteiger charge is 2.24. The zero-order valence-corrected chi connectivity index (χ0v) is 31.6. The Morgan fingerprint density at radius 3 is 2.17 bits per heavy atom. The third-order valence-corrected chi connectivity index (χ3v) is 9.61. The minimum absolute atomic E-state index is 0.0451. The molecule has 7 aromatic rings. The molecule has 1 N–H and O–H groups in total. The number of fused-ring (bicyclic) bond motifs is 1.